The van der Waals surface area contributed by atoms with E-state index >= 15 is 0 Å². The molecule has 1 rings (SSSR count). The van der Waals surface area contributed by atoms with Crippen molar-refractivity contribution in [1.82, 2.24) is 0 Å². The second-order valence-electron chi connectivity index (χ2n) is 1.84. The van der Waals surface area contributed by atoms with Crippen molar-refractivity contribution in [3.63, 3.8) is 0 Å². The van der Waals surface area contributed by atoms with E-state index in [2.05, 4.69) is 17.1 Å². The fourth-order valence-corrected chi connectivity index (χ4v) is 2.74. The van der Waals surface area contributed by atoms with Crippen LogP contribution in [0.5, 0.6) is 0 Å². The van der Waals surface area contributed by atoms with E-state index in [1.807, 2.05) is 0 Å². The SMILES string of the molecule is C1=[SH]CCCSCC1. The molecule has 0 fully saturated rings. The lowest BCUT2D eigenvalue weighted by molar-refractivity contribution is 1.12. The summed E-state index contributed by atoms with van der Waals surface area (Å²) in [6, 6.07) is 0. The van der Waals surface area contributed by atoms with Crippen LogP contribution in [0.1, 0.15) is 12.8 Å². The van der Waals surface area contributed by atoms with Crippen molar-refractivity contribution in [3.05, 3.63) is 0 Å². The van der Waals surface area contributed by atoms with Gasteiger partial charge in [-0.25, -0.2) is 11.4 Å². The summed E-state index contributed by atoms with van der Waals surface area (Å²) in [4.78, 5) is 0. The van der Waals surface area contributed by atoms with Gasteiger partial charge in [0.1, 0.15) is 0 Å². The highest BCUT2D eigenvalue weighted by Crippen LogP contribution is 2.08. The Morgan fingerprint density at radius 1 is 1.38 bits per heavy atom. The van der Waals surface area contributed by atoms with Gasteiger partial charge in [0.15, 0.2) is 0 Å². The lowest BCUT2D eigenvalue weighted by Crippen LogP contribution is -1.89. The van der Waals surface area contributed by atoms with Crippen LogP contribution in [0.4, 0.5) is 0 Å². The lowest BCUT2D eigenvalue weighted by atomic mass is 10.6. The minimum Gasteiger partial charge on any atom is -0.204 e. The maximum Gasteiger partial charge on any atom is -0.00282 e. The molecule has 0 aromatic rings. The standard InChI is InChI=1S/C6H12S2/c1-3-7-5-2-6-8-4-1/h3,7H,1-2,4-6H2. The van der Waals surface area contributed by atoms with E-state index < -0.39 is 0 Å². The summed E-state index contributed by atoms with van der Waals surface area (Å²) >= 11 is 3.66. The van der Waals surface area contributed by atoms with Crippen LogP contribution in [0.3, 0.4) is 0 Å². The molecule has 0 atom stereocenters. The van der Waals surface area contributed by atoms with Gasteiger partial charge in [-0.15, -0.1) is 0 Å². The third-order valence-electron chi connectivity index (χ3n) is 1.10. The van der Waals surface area contributed by atoms with Crippen LogP contribution in [0.2, 0.25) is 0 Å². The van der Waals surface area contributed by atoms with Crippen molar-refractivity contribution >= 4 is 28.5 Å². The zero-order valence-corrected chi connectivity index (χ0v) is 6.68. The molecule has 48 valence electrons. The molecule has 1 heterocycles. The largest absolute Gasteiger partial charge is 0.204 e. The Balaban J connectivity index is 2.17. The second kappa shape index (κ2) is 4.45. The molecule has 0 saturated heterocycles. The van der Waals surface area contributed by atoms with Gasteiger partial charge < -0.3 is 0 Å². The summed E-state index contributed by atoms with van der Waals surface area (Å²) < 4.78 is 0. The summed E-state index contributed by atoms with van der Waals surface area (Å²) in [5.74, 6) is 4.14. The Morgan fingerprint density at radius 2 is 2.38 bits per heavy atom. The molecule has 1 aliphatic heterocycles. The highest BCUT2D eigenvalue weighted by atomic mass is 32.2. The van der Waals surface area contributed by atoms with E-state index in [9.17, 15) is 0 Å². The monoisotopic (exact) mass is 148 g/mol. The Kier molecular flexibility index (Phi) is 3.72. The molecule has 0 bridgehead atoms. The van der Waals surface area contributed by atoms with E-state index in [0.29, 0.717) is 0 Å². The van der Waals surface area contributed by atoms with Crippen molar-refractivity contribution < 1.29 is 0 Å². The Bertz CT molecular complexity index is 68.6. The molecule has 0 saturated carbocycles. The van der Waals surface area contributed by atoms with E-state index in [4.69, 9.17) is 0 Å². The first-order chi connectivity index (χ1) is 4.00. The van der Waals surface area contributed by atoms with E-state index in [1.54, 1.807) is 11.4 Å². The predicted molar refractivity (Wildman–Crippen MR) is 46.5 cm³/mol. The van der Waals surface area contributed by atoms with Crippen LogP contribution in [-0.4, -0.2) is 22.6 Å². The Labute approximate surface area is 59.0 Å². The quantitative estimate of drug-likeness (QED) is 0.403. The third kappa shape index (κ3) is 2.78. The third-order valence-corrected chi connectivity index (χ3v) is 3.29. The van der Waals surface area contributed by atoms with Gasteiger partial charge in [-0.3, -0.25) is 0 Å². The zero-order valence-electron chi connectivity index (χ0n) is 4.97. The molecular weight excluding hydrogens is 136 g/mol. The number of thiol groups is 1. The summed E-state index contributed by atoms with van der Waals surface area (Å²) in [5, 5.41) is 2.40. The average Bonchev–Trinajstić information content (AvgIpc) is 1.62. The summed E-state index contributed by atoms with van der Waals surface area (Å²) in [7, 11) is 0. The van der Waals surface area contributed by atoms with Crippen molar-refractivity contribution in [1.29, 1.82) is 0 Å². The average molecular weight is 148 g/mol. The smallest absolute Gasteiger partial charge is 0.00282 e. The van der Waals surface area contributed by atoms with Crippen molar-refractivity contribution in [3.8, 4) is 0 Å². The van der Waals surface area contributed by atoms with Gasteiger partial charge in [-0.05, 0) is 30.1 Å². The van der Waals surface area contributed by atoms with Crippen LogP contribution in [-0.2, 0) is 0 Å². The molecule has 0 N–H and O–H groups in total. The van der Waals surface area contributed by atoms with Gasteiger partial charge in [0, 0.05) is 0 Å². The topological polar surface area (TPSA) is 0 Å². The number of thioether (sulfide) groups is 1. The molecule has 0 aliphatic carbocycles. The van der Waals surface area contributed by atoms with Crippen LogP contribution >= 0.6 is 23.1 Å². The Morgan fingerprint density at radius 3 is 3.38 bits per heavy atom. The molecule has 2 heteroatoms. The highest BCUT2D eigenvalue weighted by Gasteiger charge is 1.89. The maximum atomic E-state index is 2.40. The molecule has 0 amide bonds. The van der Waals surface area contributed by atoms with Crippen LogP contribution < -0.4 is 0 Å². The summed E-state index contributed by atoms with van der Waals surface area (Å²) in [6.07, 6.45) is 2.74. The first kappa shape index (κ1) is 6.69. The van der Waals surface area contributed by atoms with Gasteiger partial charge in [0.05, 0.1) is 0 Å². The minimum atomic E-state index is 1.33. The van der Waals surface area contributed by atoms with Crippen LogP contribution in [0.15, 0.2) is 0 Å². The van der Waals surface area contributed by atoms with Crippen molar-refractivity contribution in [2.24, 2.45) is 0 Å². The van der Waals surface area contributed by atoms with Gasteiger partial charge in [-0.1, -0.05) is 5.37 Å². The van der Waals surface area contributed by atoms with E-state index in [1.165, 1.54) is 30.1 Å². The minimum absolute atomic E-state index is 1.33. The Hall–Kier alpha value is 0.570. The normalized spacial score (nSPS) is 23.0. The van der Waals surface area contributed by atoms with E-state index in [-0.39, 0.29) is 0 Å². The molecule has 8 heavy (non-hydrogen) atoms. The van der Waals surface area contributed by atoms with Crippen molar-refractivity contribution in [2.75, 3.05) is 17.3 Å². The molecular formula is C6H12S2. The van der Waals surface area contributed by atoms with Gasteiger partial charge in [0.2, 0.25) is 0 Å². The first-order valence-corrected chi connectivity index (χ1v) is 5.36. The van der Waals surface area contributed by atoms with Crippen LogP contribution in [0, 0.1) is 0 Å². The molecule has 0 nitrogen and oxygen atoms in total. The molecule has 0 spiro atoms. The molecule has 0 aromatic carbocycles. The summed E-state index contributed by atoms with van der Waals surface area (Å²) in [6.45, 7) is 0. The summed E-state index contributed by atoms with van der Waals surface area (Å²) in [5.41, 5.74) is 0. The molecule has 0 radical (unpaired) electrons. The first-order valence-electron chi connectivity index (χ1n) is 3.06. The number of hydrogen-bond donors (Lipinski definition) is 1. The van der Waals surface area contributed by atoms with Gasteiger partial charge in [-0.2, -0.15) is 11.8 Å². The molecule has 0 aromatic heterocycles. The molecule has 1 aliphatic rings. The number of rotatable bonds is 0. The number of hydrogen-bond acceptors (Lipinski definition) is 1. The lowest BCUT2D eigenvalue weighted by Gasteiger charge is -2.00. The fraction of sp³-hybridized carbons (Fsp3) is 0.833. The van der Waals surface area contributed by atoms with Gasteiger partial charge >= 0.3 is 0 Å². The van der Waals surface area contributed by atoms with Gasteiger partial charge in [0.25, 0.3) is 0 Å². The molecule has 0 unspecified atom stereocenters. The highest BCUT2D eigenvalue weighted by molar-refractivity contribution is 8.00. The zero-order chi connectivity index (χ0) is 5.66. The fourth-order valence-electron chi connectivity index (χ4n) is 0.679. The van der Waals surface area contributed by atoms with Crippen molar-refractivity contribution in [2.45, 2.75) is 12.8 Å². The van der Waals surface area contributed by atoms with Crippen LogP contribution in [0.25, 0.3) is 0 Å². The van der Waals surface area contributed by atoms with E-state index in [0.717, 1.165) is 0 Å². The predicted octanol–water partition coefficient (Wildman–Crippen LogP) is 1.78. The maximum absolute atomic E-state index is 2.40. The second-order valence-corrected chi connectivity index (χ2v) is 4.25.